The first-order valence-electron chi connectivity index (χ1n) is 7.31. The van der Waals surface area contributed by atoms with Gasteiger partial charge in [0.1, 0.15) is 5.69 Å². The van der Waals surface area contributed by atoms with Gasteiger partial charge in [-0.3, -0.25) is 4.79 Å². The Morgan fingerprint density at radius 3 is 2.58 bits per heavy atom. The third-order valence-electron chi connectivity index (χ3n) is 3.41. The van der Waals surface area contributed by atoms with Crippen LogP contribution in [0, 0.1) is 0 Å². The predicted octanol–water partition coefficient (Wildman–Crippen LogP) is 1.98. The Balaban J connectivity index is 2.23. The summed E-state index contributed by atoms with van der Waals surface area (Å²) in [6.07, 6.45) is -6.95. The average molecular weight is 342 g/mol. The van der Waals surface area contributed by atoms with E-state index in [0.717, 1.165) is 10.3 Å². The van der Waals surface area contributed by atoms with E-state index in [4.69, 9.17) is 5.11 Å². The van der Waals surface area contributed by atoms with Crippen molar-refractivity contribution in [3.63, 3.8) is 0 Å². The van der Waals surface area contributed by atoms with Gasteiger partial charge in [-0.25, -0.2) is 4.98 Å². The van der Waals surface area contributed by atoms with Crippen molar-refractivity contribution < 1.29 is 28.2 Å². The van der Waals surface area contributed by atoms with Crippen LogP contribution in [-0.2, 0) is 0 Å². The Bertz CT molecular complexity index is 706. The lowest BCUT2D eigenvalue weighted by Gasteiger charge is -2.25. The van der Waals surface area contributed by atoms with Crippen LogP contribution in [0.2, 0.25) is 0 Å². The minimum atomic E-state index is -4.43. The van der Waals surface area contributed by atoms with Crippen LogP contribution < -0.4 is 0 Å². The molecule has 24 heavy (non-hydrogen) atoms. The maximum Gasteiger partial charge on any atom is 0.390 e. The molecule has 0 saturated heterocycles. The van der Waals surface area contributed by atoms with Crippen molar-refractivity contribution in [1.29, 1.82) is 0 Å². The van der Waals surface area contributed by atoms with Gasteiger partial charge in [0.15, 0.2) is 0 Å². The Kier molecular flexibility index (Phi) is 5.74. The molecule has 0 aliphatic heterocycles. The van der Waals surface area contributed by atoms with Crippen LogP contribution in [0.5, 0.6) is 0 Å². The molecule has 0 bridgehead atoms. The highest BCUT2D eigenvalue weighted by atomic mass is 19.4. The molecule has 130 valence electrons. The first-order chi connectivity index (χ1) is 11.3. The van der Waals surface area contributed by atoms with Crippen LogP contribution in [0.3, 0.4) is 0 Å². The monoisotopic (exact) mass is 342 g/mol. The standard InChI is InChI=1S/C16H17F3N2O3/c17-16(18,19)7-8-21(9-12(23)10-22)15(24)14-6-5-11-3-1-2-4-13(11)20-14/h1-6,12,22-23H,7-10H2/t12-/m0/s1. The Morgan fingerprint density at radius 2 is 1.92 bits per heavy atom. The number of nitrogens with zero attached hydrogens (tertiary/aromatic N) is 2. The van der Waals surface area contributed by atoms with Crippen molar-refractivity contribution >= 4 is 16.8 Å². The average Bonchev–Trinajstić information content (AvgIpc) is 2.56. The number of carbonyl (C=O) groups excluding carboxylic acids is 1. The molecule has 0 aliphatic rings. The van der Waals surface area contributed by atoms with Crippen LogP contribution in [0.25, 0.3) is 10.9 Å². The normalized spacial score (nSPS) is 13.0. The summed E-state index contributed by atoms with van der Waals surface area (Å²) < 4.78 is 37.3. The molecular weight excluding hydrogens is 325 g/mol. The molecule has 2 rings (SSSR count). The molecule has 0 radical (unpaired) electrons. The Morgan fingerprint density at radius 1 is 1.21 bits per heavy atom. The van der Waals surface area contributed by atoms with Crippen molar-refractivity contribution in [2.75, 3.05) is 19.7 Å². The van der Waals surface area contributed by atoms with E-state index in [9.17, 15) is 23.1 Å². The van der Waals surface area contributed by atoms with E-state index < -0.39 is 44.3 Å². The molecule has 0 saturated carbocycles. The second-order valence-corrected chi connectivity index (χ2v) is 5.34. The molecule has 5 nitrogen and oxygen atoms in total. The first kappa shape index (κ1) is 18.2. The molecule has 1 heterocycles. The first-order valence-corrected chi connectivity index (χ1v) is 7.31. The summed E-state index contributed by atoms with van der Waals surface area (Å²) >= 11 is 0. The molecule has 1 aromatic carbocycles. The molecule has 0 aliphatic carbocycles. The number of pyridine rings is 1. The number of para-hydroxylation sites is 1. The van der Waals surface area contributed by atoms with E-state index in [-0.39, 0.29) is 5.69 Å². The molecule has 2 aromatic rings. The number of hydrogen-bond acceptors (Lipinski definition) is 4. The van der Waals surface area contributed by atoms with Crippen LogP contribution in [0.4, 0.5) is 13.2 Å². The molecule has 0 unspecified atom stereocenters. The molecule has 0 spiro atoms. The zero-order valence-corrected chi connectivity index (χ0v) is 12.7. The van der Waals surface area contributed by atoms with Crippen LogP contribution in [0.15, 0.2) is 36.4 Å². The number of benzene rings is 1. The van der Waals surface area contributed by atoms with Gasteiger partial charge in [0.2, 0.25) is 0 Å². The summed E-state index contributed by atoms with van der Waals surface area (Å²) in [7, 11) is 0. The maximum atomic E-state index is 12.5. The summed E-state index contributed by atoms with van der Waals surface area (Å²) in [5, 5.41) is 19.2. The number of hydrogen-bond donors (Lipinski definition) is 2. The summed E-state index contributed by atoms with van der Waals surface area (Å²) in [6, 6.07) is 10.1. The minimum absolute atomic E-state index is 0.0129. The highest BCUT2D eigenvalue weighted by molar-refractivity contribution is 5.94. The Labute approximate surface area is 136 Å². The fourth-order valence-electron chi connectivity index (χ4n) is 2.20. The fourth-order valence-corrected chi connectivity index (χ4v) is 2.20. The summed E-state index contributed by atoms with van der Waals surface area (Å²) in [6.45, 7) is -1.67. The van der Waals surface area contributed by atoms with Crippen LogP contribution in [0.1, 0.15) is 16.9 Å². The van der Waals surface area contributed by atoms with E-state index in [2.05, 4.69) is 4.98 Å². The van der Waals surface area contributed by atoms with Crippen molar-refractivity contribution in [3.05, 3.63) is 42.1 Å². The fraction of sp³-hybridized carbons (Fsp3) is 0.375. The van der Waals surface area contributed by atoms with E-state index >= 15 is 0 Å². The summed E-state index contributed by atoms with van der Waals surface area (Å²) in [5.74, 6) is -0.725. The summed E-state index contributed by atoms with van der Waals surface area (Å²) in [5.41, 5.74) is 0.530. The zero-order valence-electron chi connectivity index (χ0n) is 12.7. The number of rotatable bonds is 6. The van der Waals surface area contributed by atoms with Crippen molar-refractivity contribution in [1.82, 2.24) is 9.88 Å². The van der Waals surface area contributed by atoms with Gasteiger partial charge in [-0.15, -0.1) is 0 Å². The molecule has 0 fully saturated rings. The van der Waals surface area contributed by atoms with E-state index in [1.807, 2.05) is 0 Å². The van der Waals surface area contributed by atoms with Crippen LogP contribution >= 0.6 is 0 Å². The lowest BCUT2D eigenvalue weighted by molar-refractivity contribution is -0.137. The molecule has 8 heteroatoms. The number of aliphatic hydroxyl groups is 2. The SMILES string of the molecule is O=C(c1ccc2ccccc2n1)N(CCC(F)(F)F)C[C@H](O)CO. The lowest BCUT2D eigenvalue weighted by Crippen LogP contribution is -2.41. The molecule has 1 amide bonds. The van der Waals surface area contributed by atoms with Gasteiger partial charge in [-0.05, 0) is 12.1 Å². The quantitative estimate of drug-likeness (QED) is 0.842. The van der Waals surface area contributed by atoms with Crippen molar-refractivity contribution in [2.45, 2.75) is 18.7 Å². The lowest BCUT2D eigenvalue weighted by atomic mass is 10.2. The molecule has 2 N–H and O–H groups in total. The van der Waals surface area contributed by atoms with Gasteiger partial charge >= 0.3 is 6.18 Å². The van der Waals surface area contributed by atoms with E-state index in [0.29, 0.717) is 5.52 Å². The van der Waals surface area contributed by atoms with Gasteiger partial charge in [-0.2, -0.15) is 13.2 Å². The molecule has 1 aromatic heterocycles. The third-order valence-corrected chi connectivity index (χ3v) is 3.41. The van der Waals surface area contributed by atoms with Crippen molar-refractivity contribution in [3.8, 4) is 0 Å². The number of fused-ring (bicyclic) bond motifs is 1. The van der Waals surface area contributed by atoms with Gasteiger partial charge in [0.05, 0.1) is 24.6 Å². The number of carbonyl (C=O) groups is 1. The maximum absolute atomic E-state index is 12.5. The minimum Gasteiger partial charge on any atom is -0.394 e. The predicted molar refractivity (Wildman–Crippen MR) is 81.4 cm³/mol. The van der Waals surface area contributed by atoms with Gasteiger partial charge < -0.3 is 15.1 Å². The highest BCUT2D eigenvalue weighted by Gasteiger charge is 2.30. The third kappa shape index (κ3) is 4.90. The number of alkyl halides is 3. The van der Waals surface area contributed by atoms with Gasteiger partial charge in [-0.1, -0.05) is 24.3 Å². The molecular formula is C16H17F3N2O3. The van der Waals surface area contributed by atoms with Gasteiger partial charge in [0, 0.05) is 18.5 Å². The number of halogens is 3. The highest BCUT2D eigenvalue weighted by Crippen LogP contribution is 2.21. The topological polar surface area (TPSA) is 73.7 Å². The van der Waals surface area contributed by atoms with Gasteiger partial charge in [0.25, 0.3) is 5.91 Å². The smallest absolute Gasteiger partial charge is 0.390 e. The van der Waals surface area contributed by atoms with E-state index in [1.54, 1.807) is 30.3 Å². The number of amides is 1. The summed E-state index contributed by atoms with van der Waals surface area (Å²) in [4.78, 5) is 17.5. The second kappa shape index (κ2) is 7.59. The molecule has 1 atom stereocenters. The van der Waals surface area contributed by atoms with Crippen LogP contribution in [-0.4, -0.2) is 58.0 Å². The largest absolute Gasteiger partial charge is 0.394 e. The number of aliphatic hydroxyl groups excluding tert-OH is 2. The van der Waals surface area contributed by atoms with Crippen molar-refractivity contribution in [2.24, 2.45) is 0 Å². The number of aromatic nitrogens is 1. The zero-order chi connectivity index (χ0) is 17.7. The second-order valence-electron chi connectivity index (χ2n) is 5.34. The Hall–Kier alpha value is -2.19. The van der Waals surface area contributed by atoms with E-state index in [1.165, 1.54) is 6.07 Å².